The van der Waals surface area contributed by atoms with E-state index in [1.807, 2.05) is 0 Å². The third kappa shape index (κ3) is 4.53. The highest BCUT2D eigenvalue weighted by Crippen LogP contribution is 2.30. The lowest BCUT2D eigenvalue weighted by molar-refractivity contribution is 0.385. The maximum absolute atomic E-state index is 13.9. The van der Waals surface area contributed by atoms with Gasteiger partial charge in [-0.1, -0.05) is 0 Å². The van der Waals surface area contributed by atoms with E-state index in [0.717, 1.165) is 42.5 Å². The van der Waals surface area contributed by atoms with Crippen LogP contribution in [0.4, 0.5) is 8.78 Å². The maximum atomic E-state index is 13.9. The fourth-order valence-corrected chi connectivity index (χ4v) is 5.46. The summed E-state index contributed by atoms with van der Waals surface area (Å²) >= 11 is 0. The summed E-state index contributed by atoms with van der Waals surface area (Å²) in [5, 5.41) is -1.43. The van der Waals surface area contributed by atoms with Gasteiger partial charge < -0.3 is 9.15 Å². The molecular weight excluding hydrogens is 440 g/mol. The Morgan fingerprint density at radius 1 is 1.00 bits per heavy atom. The molecule has 2 aromatic carbocycles. The standard InChI is InChI=1S/C19H17F2NO6S2/c1-27-17-9-8-15(11-16(17)21)30(25,26)22-12-19(18-3-2-10-28-18)29(23,24)14-6-4-13(20)5-7-14/h2-11,19,22H,12H2,1H3/t19-/m1/s1. The Bertz CT molecular complexity index is 1220. The highest BCUT2D eigenvalue weighted by atomic mass is 32.2. The molecule has 1 atom stereocenters. The molecular formula is C19H17F2NO6S2. The van der Waals surface area contributed by atoms with Crippen molar-refractivity contribution in [3.05, 3.63) is 78.3 Å². The smallest absolute Gasteiger partial charge is 0.240 e. The molecule has 0 radical (unpaired) electrons. The summed E-state index contributed by atoms with van der Waals surface area (Å²) in [5.74, 6) is -1.66. The Kier molecular flexibility index (Phi) is 6.25. The van der Waals surface area contributed by atoms with Gasteiger partial charge in [-0.25, -0.2) is 30.3 Å². The van der Waals surface area contributed by atoms with Crippen LogP contribution in [0.15, 0.2) is 75.1 Å². The van der Waals surface area contributed by atoms with Gasteiger partial charge >= 0.3 is 0 Å². The van der Waals surface area contributed by atoms with Gasteiger partial charge in [-0.2, -0.15) is 0 Å². The molecule has 0 amide bonds. The minimum absolute atomic E-state index is 0.0112. The number of hydrogen-bond acceptors (Lipinski definition) is 6. The molecule has 1 aromatic heterocycles. The van der Waals surface area contributed by atoms with Crippen LogP contribution in [-0.4, -0.2) is 30.5 Å². The summed E-state index contributed by atoms with van der Waals surface area (Å²) in [6.07, 6.45) is 1.25. The van der Waals surface area contributed by atoms with E-state index >= 15 is 0 Å². The topological polar surface area (TPSA) is 103 Å². The van der Waals surface area contributed by atoms with Gasteiger partial charge in [0.05, 0.1) is 23.2 Å². The van der Waals surface area contributed by atoms with Crippen molar-refractivity contribution in [1.82, 2.24) is 4.72 Å². The fraction of sp³-hybridized carbons (Fsp3) is 0.158. The minimum Gasteiger partial charge on any atom is -0.494 e. The number of sulfonamides is 1. The largest absolute Gasteiger partial charge is 0.494 e. The predicted octanol–water partition coefficient (Wildman–Crippen LogP) is 3.06. The van der Waals surface area contributed by atoms with E-state index in [1.165, 1.54) is 25.5 Å². The van der Waals surface area contributed by atoms with Crippen LogP contribution in [0.1, 0.15) is 11.0 Å². The molecule has 1 heterocycles. The van der Waals surface area contributed by atoms with Crippen LogP contribution in [0, 0.1) is 11.6 Å². The molecule has 0 bridgehead atoms. The molecule has 0 spiro atoms. The molecule has 0 unspecified atom stereocenters. The molecule has 0 fully saturated rings. The van der Waals surface area contributed by atoms with Crippen LogP contribution in [0.3, 0.4) is 0 Å². The first-order chi connectivity index (χ1) is 14.1. The molecule has 30 heavy (non-hydrogen) atoms. The number of methoxy groups -OCH3 is 1. The van der Waals surface area contributed by atoms with Crippen molar-refractivity contribution in [3.63, 3.8) is 0 Å². The fourth-order valence-electron chi connectivity index (χ4n) is 2.71. The van der Waals surface area contributed by atoms with Gasteiger partial charge in [-0.15, -0.1) is 0 Å². The zero-order valence-electron chi connectivity index (χ0n) is 15.6. The summed E-state index contributed by atoms with van der Waals surface area (Å²) in [6, 6.07) is 9.99. The van der Waals surface area contributed by atoms with Gasteiger partial charge in [0.2, 0.25) is 10.0 Å². The first-order valence-corrected chi connectivity index (χ1v) is 11.5. The minimum atomic E-state index is -4.25. The van der Waals surface area contributed by atoms with Gasteiger partial charge in [0.15, 0.2) is 21.4 Å². The lowest BCUT2D eigenvalue weighted by Gasteiger charge is -2.17. The number of ether oxygens (including phenoxy) is 1. The van der Waals surface area contributed by atoms with E-state index in [2.05, 4.69) is 4.72 Å². The van der Waals surface area contributed by atoms with E-state index in [1.54, 1.807) is 0 Å². The zero-order valence-corrected chi connectivity index (χ0v) is 17.2. The average Bonchev–Trinajstić information content (AvgIpc) is 3.22. The van der Waals surface area contributed by atoms with Crippen LogP contribution >= 0.6 is 0 Å². The molecule has 0 aliphatic carbocycles. The first kappa shape index (κ1) is 21.9. The lowest BCUT2D eigenvalue weighted by Crippen LogP contribution is -2.32. The Hall–Kier alpha value is -2.76. The highest BCUT2D eigenvalue weighted by molar-refractivity contribution is 7.92. The summed E-state index contributed by atoms with van der Waals surface area (Å²) in [6.45, 7) is -0.594. The normalized spacial score (nSPS) is 13.2. The van der Waals surface area contributed by atoms with Crippen molar-refractivity contribution in [1.29, 1.82) is 0 Å². The van der Waals surface area contributed by atoms with Crippen LogP contribution in [0.25, 0.3) is 0 Å². The molecule has 3 rings (SSSR count). The second-order valence-corrected chi connectivity index (χ2v) is 10.0. The molecule has 160 valence electrons. The second kappa shape index (κ2) is 8.54. The number of halogens is 2. The molecule has 1 N–H and O–H groups in total. The number of benzene rings is 2. The SMILES string of the molecule is COc1ccc(S(=O)(=O)NC[C@H](c2ccco2)S(=O)(=O)c2ccc(F)cc2)cc1F. The summed E-state index contributed by atoms with van der Waals surface area (Å²) < 4.78 is 90.4. The van der Waals surface area contributed by atoms with Crippen molar-refractivity contribution in [3.8, 4) is 5.75 Å². The van der Waals surface area contributed by atoms with Crippen molar-refractivity contribution < 1.29 is 34.8 Å². The van der Waals surface area contributed by atoms with Crippen molar-refractivity contribution >= 4 is 19.9 Å². The van der Waals surface area contributed by atoms with Crippen molar-refractivity contribution in [2.45, 2.75) is 15.0 Å². The lowest BCUT2D eigenvalue weighted by atomic mass is 10.3. The monoisotopic (exact) mass is 457 g/mol. The summed E-state index contributed by atoms with van der Waals surface area (Å²) in [5.41, 5.74) is 0. The van der Waals surface area contributed by atoms with E-state index in [-0.39, 0.29) is 16.4 Å². The van der Waals surface area contributed by atoms with Crippen molar-refractivity contribution in [2.24, 2.45) is 0 Å². The number of furan rings is 1. The third-order valence-corrected chi connectivity index (χ3v) is 7.77. The van der Waals surface area contributed by atoms with Crippen LogP contribution in [0.2, 0.25) is 0 Å². The summed E-state index contributed by atoms with van der Waals surface area (Å²) in [4.78, 5) is -0.613. The van der Waals surface area contributed by atoms with Gasteiger partial charge in [0.1, 0.15) is 16.8 Å². The van der Waals surface area contributed by atoms with Gasteiger partial charge in [0, 0.05) is 6.54 Å². The number of nitrogens with one attached hydrogen (secondary N) is 1. The second-order valence-electron chi connectivity index (χ2n) is 6.15. The van der Waals surface area contributed by atoms with Crippen molar-refractivity contribution in [2.75, 3.05) is 13.7 Å². The third-order valence-electron chi connectivity index (χ3n) is 4.27. The maximum Gasteiger partial charge on any atom is 0.240 e. The Morgan fingerprint density at radius 3 is 2.23 bits per heavy atom. The highest BCUT2D eigenvalue weighted by Gasteiger charge is 2.33. The van der Waals surface area contributed by atoms with Gasteiger partial charge in [0.25, 0.3) is 0 Å². The van der Waals surface area contributed by atoms with E-state index < -0.39 is 48.2 Å². The number of sulfone groups is 1. The van der Waals surface area contributed by atoms with Crippen LogP contribution in [0.5, 0.6) is 5.75 Å². The number of hydrogen-bond donors (Lipinski definition) is 1. The molecule has 7 nitrogen and oxygen atoms in total. The van der Waals surface area contributed by atoms with E-state index in [0.29, 0.717) is 0 Å². The zero-order chi connectivity index (χ0) is 21.9. The molecule has 3 aromatic rings. The quantitative estimate of drug-likeness (QED) is 0.522. The molecule has 0 saturated heterocycles. The Morgan fingerprint density at radius 2 is 1.67 bits per heavy atom. The van der Waals surface area contributed by atoms with Gasteiger partial charge in [-0.3, -0.25) is 0 Å². The Labute approximate surface area is 172 Å². The Balaban J connectivity index is 1.91. The molecule has 11 heteroatoms. The molecule has 0 aliphatic heterocycles. The number of rotatable bonds is 8. The predicted molar refractivity (Wildman–Crippen MR) is 103 cm³/mol. The van der Waals surface area contributed by atoms with Gasteiger partial charge in [-0.05, 0) is 54.6 Å². The first-order valence-electron chi connectivity index (χ1n) is 8.51. The summed E-state index contributed by atoms with van der Waals surface area (Å²) in [7, 11) is -7.17. The van der Waals surface area contributed by atoms with E-state index in [4.69, 9.17) is 9.15 Å². The van der Waals surface area contributed by atoms with Crippen LogP contribution < -0.4 is 9.46 Å². The average molecular weight is 457 g/mol. The van der Waals surface area contributed by atoms with Crippen LogP contribution in [-0.2, 0) is 19.9 Å². The molecule has 0 aliphatic rings. The van der Waals surface area contributed by atoms with E-state index in [9.17, 15) is 25.6 Å². The molecule has 0 saturated carbocycles.